The highest BCUT2D eigenvalue weighted by Crippen LogP contribution is 2.32. The molecule has 34 heavy (non-hydrogen) atoms. The first-order valence-corrected chi connectivity index (χ1v) is 12.8. The number of thiazole rings is 1. The third-order valence-electron chi connectivity index (χ3n) is 6.62. The van der Waals surface area contributed by atoms with Crippen LogP contribution in [-0.4, -0.2) is 36.7 Å². The Balaban J connectivity index is 1.15. The first-order valence-electron chi connectivity index (χ1n) is 12.0. The molecule has 0 bridgehead atoms. The van der Waals surface area contributed by atoms with Gasteiger partial charge in [-0.15, -0.1) is 11.3 Å². The van der Waals surface area contributed by atoms with Crippen LogP contribution in [0, 0.1) is 12.8 Å². The van der Waals surface area contributed by atoms with Crippen LogP contribution < -0.4 is 20.1 Å². The van der Waals surface area contributed by atoms with E-state index in [1.165, 1.54) is 29.9 Å². The largest absolute Gasteiger partial charge is 0.493 e. The lowest BCUT2D eigenvalue weighted by molar-refractivity contribution is 0.100. The average molecular weight is 478 g/mol. The van der Waals surface area contributed by atoms with E-state index in [0.717, 1.165) is 54.1 Å². The Bertz CT molecular complexity index is 1140. The molecular weight excluding hydrogens is 446 g/mol. The predicted octanol–water partition coefficient (Wildman–Crippen LogP) is 5.15. The van der Waals surface area contributed by atoms with Crippen LogP contribution >= 0.6 is 11.3 Å². The molecule has 2 fully saturated rings. The second-order valence-corrected chi connectivity index (χ2v) is 10.4. The lowest BCUT2D eigenvalue weighted by Gasteiger charge is -2.20. The molecule has 1 aliphatic carbocycles. The molecule has 1 saturated carbocycles. The fourth-order valence-electron chi connectivity index (χ4n) is 4.31. The summed E-state index contributed by atoms with van der Waals surface area (Å²) in [5, 5.41) is 0.898. The van der Waals surface area contributed by atoms with Gasteiger partial charge in [0.25, 0.3) is 5.91 Å². The Morgan fingerprint density at radius 3 is 2.47 bits per heavy atom. The van der Waals surface area contributed by atoms with Gasteiger partial charge >= 0.3 is 0 Å². The van der Waals surface area contributed by atoms with Gasteiger partial charge in [-0.2, -0.15) is 0 Å². The number of carbonyl (C=O) groups is 1. The maximum absolute atomic E-state index is 11.5. The average Bonchev–Trinajstić information content (AvgIpc) is 3.42. The summed E-state index contributed by atoms with van der Waals surface area (Å²) >= 11 is 1.38. The Hall–Kier alpha value is -3.06. The van der Waals surface area contributed by atoms with Crippen LogP contribution in [0.5, 0.6) is 11.5 Å². The molecule has 1 amide bonds. The van der Waals surface area contributed by atoms with Gasteiger partial charge in [0.1, 0.15) is 27.5 Å². The Morgan fingerprint density at radius 2 is 1.82 bits per heavy atom. The number of aryl methyl sites for hydroxylation is 1. The summed E-state index contributed by atoms with van der Waals surface area (Å²) in [6, 6.07) is 16.6. The van der Waals surface area contributed by atoms with Gasteiger partial charge in [-0.05, 0) is 67.6 Å². The number of rotatable bonds is 9. The molecule has 7 heteroatoms. The van der Waals surface area contributed by atoms with Crippen molar-refractivity contribution in [3.8, 4) is 11.5 Å². The lowest BCUT2D eigenvalue weighted by atomic mass is 10.0. The van der Waals surface area contributed by atoms with Crippen LogP contribution in [0.4, 0.5) is 5.69 Å². The molecule has 0 spiro atoms. The lowest BCUT2D eigenvalue weighted by Crippen LogP contribution is -2.24. The van der Waals surface area contributed by atoms with E-state index in [0.29, 0.717) is 10.6 Å². The fourth-order valence-corrected chi connectivity index (χ4v) is 5.31. The van der Waals surface area contributed by atoms with E-state index in [4.69, 9.17) is 15.2 Å². The van der Waals surface area contributed by atoms with Crippen LogP contribution in [-0.2, 0) is 0 Å². The fraction of sp³-hybridized carbons (Fsp3) is 0.407. The van der Waals surface area contributed by atoms with Gasteiger partial charge in [0.15, 0.2) is 0 Å². The molecule has 3 aromatic rings. The van der Waals surface area contributed by atoms with Crippen molar-refractivity contribution in [1.82, 2.24) is 4.98 Å². The standard InChI is InChI=1S/C27H31N3O3S/c1-17(27-29-18(2)25(34-27)26(28)31)20-5-9-23(10-6-20)33-24-13-14-30(15-24)21-7-11-22(12-8-21)32-16-19-3-4-19/h5-12,17,19,24H,3-4,13-16H2,1-2H3,(H2,28,31)/t17-,24+/m0/s1. The normalized spacial score (nSPS) is 18.6. The van der Waals surface area contributed by atoms with E-state index in [1.807, 2.05) is 19.1 Å². The summed E-state index contributed by atoms with van der Waals surface area (Å²) < 4.78 is 12.1. The van der Waals surface area contributed by atoms with Crippen LogP contribution in [0.15, 0.2) is 48.5 Å². The van der Waals surface area contributed by atoms with Gasteiger partial charge in [0.05, 0.1) is 18.8 Å². The Morgan fingerprint density at radius 1 is 1.12 bits per heavy atom. The highest BCUT2D eigenvalue weighted by Gasteiger charge is 2.25. The highest BCUT2D eigenvalue weighted by atomic mass is 32.1. The molecule has 2 aromatic carbocycles. The van der Waals surface area contributed by atoms with E-state index < -0.39 is 5.91 Å². The molecule has 178 valence electrons. The number of nitrogens with two attached hydrogens (primary N) is 1. The van der Waals surface area contributed by atoms with E-state index >= 15 is 0 Å². The summed E-state index contributed by atoms with van der Waals surface area (Å²) in [7, 11) is 0. The van der Waals surface area contributed by atoms with Gasteiger partial charge in [0, 0.05) is 24.6 Å². The van der Waals surface area contributed by atoms with E-state index in [1.54, 1.807) is 0 Å². The van der Waals surface area contributed by atoms with Crippen molar-refractivity contribution in [2.24, 2.45) is 11.7 Å². The molecule has 2 aliphatic rings. The molecule has 1 aromatic heterocycles. The zero-order chi connectivity index (χ0) is 23.7. The first kappa shape index (κ1) is 22.7. The van der Waals surface area contributed by atoms with E-state index in [-0.39, 0.29) is 12.0 Å². The van der Waals surface area contributed by atoms with Gasteiger partial charge in [-0.3, -0.25) is 4.79 Å². The molecule has 2 atom stereocenters. The predicted molar refractivity (Wildman–Crippen MR) is 135 cm³/mol. The summed E-state index contributed by atoms with van der Waals surface area (Å²) in [6.07, 6.45) is 3.76. The summed E-state index contributed by atoms with van der Waals surface area (Å²) in [5.41, 5.74) is 8.49. The van der Waals surface area contributed by atoms with E-state index in [9.17, 15) is 4.79 Å². The van der Waals surface area contributed by atoms with Crippen molar-refractivity contribution < 1.29 is 14.3 Å². The van der Waals surface area contributed by atoms with Gasteiger partial charge in [-0.25, -0.2) is 4.98 Å². The second-order valence-electron chi connectivity index (χ2n) is 9.34. The van der Waals surface area contributed by atoms with E-state index in [2.05, 4.69) is 53.2 Å². The van der Waals surface area contributed by atoms with Crippen molar-refractivity contribution in [3.63, 3.8) is 0 Å². The number of amides is 1. The molecular formula is C27H31N3O3S. The molecule has 2 N–H and O–H groups in total. The number of hydrogen-bond acceptors (Lipinski definition) is 6. The number of primary amides is 1. The van der Waals surface area contributed by atoms with Crippen molar-refractivity contribution in [2.45, 2.75) is 45.1 Å². The summed E-state index contributed by atoms with van der Waals surface area (Å²) in [6.45, 7) is 6.61. The number of benzene rings is 2. The highest BCUT2D eigenvalue weighted by molar-refractivity contribution is 7.13. The molecule has 1 aliphatic heterocycles. The zero-order valence-corrected chi connectivity index (χ0v) is 20.5. The SMILES string of the molecule is Cc1nc([C@@H](C)c2ccc(O[C@@H]3CCN(c4ccc(OCC5CC5)cc4)C3)cc2)sc1C(N)=O. The van der Waals surface area contributed by atoms with Crippen molar-refractivity contribution in [1.29, 1.82) is 0 Å². The first-order chi connectivity index (χ1) is 16.5. The quantitative estimate of drug-likeness (QED) is 0.461. The molecule has 0 radical (unpaired) electrons. The minimum absolute atomic E-state index is 0.0871. The van der Waals surface area contributed by atoms with Crippen molar-refractivity contribution >= 4 is 22.9 Å². The summed E-state index contributed by atoms with van der Waals surface area (Å²) in [5.74, 6) is 2.26. The van der Waals surface area contributed by atoms with Gasteiger partial charge in [-0.1, -0.05) is 19.1 Å². The molecule has 0 unspecified atom stereocenters. The maximum atomic E-state index is 11.5. The van der Waals surface area contributed by atoms with Crippen LogP contribution in [0.1, 0.15) is 58.0 Å². The smallest absolute Gasteiger partial charge is 0.260 e. The minimum Gasteiger partial charge on any atom is -0.493 e. The number of carbonyl (C=O) groups excluding carboxylic acids is 1. The Kier molecular flexibility index (Phi) is 6.46. The molecule has 5 rings (SSSR count). The number of ether oxygens (including phenoxy) is 2. The summed E-state index contributed by atoms with van der Waals surface area (Å²) in [4.78, 5) is 19.0. The van der Waals surface area contributed by atoms with Gasteiger partial charge in [0.2, 0.25) is 0 Å². The van der Waals surface area contributed by atoms with Crippen molar-refractivity contribution in [2.75, 3.05) is 24.6 Å². The molecule has 2 heterocycles. The number of hydrogen-bond donors (Lipinski definition) is 1. The third-order valence-corrected chi connectivity index (χ3v) is 7.97. The van der Waals surface area contributed by atoms with Gasteiger partial charge < -0.3 is 20.1 Å². The minimum atomic E-state index is -0.416. The Labute approximate surface area is 204 Å². The zero-order valence-electron chi connectivity index (χ0n) is 19.7. The monoisotopic (exact) mass is 477 g/mol. The molecule has 6 nitrogen and oxygen atoms in total. The third kappa shape index (κ3) is 5.20. The van der Waals surface area contributed by atoms with Crippen molar-refractivity contribution in [3.05, 3.63) is 69.7 Å². The topological polar surface area (TPSA) is 77.7 Å². The van der Waals surface area contributed by atoms with Crippen LogP contribution in [0.3, 0.4) is 0 Å². The van der Waals surface area contributed by atoms with Crippen LogP contribution in [0.25, 0.3) is 0 Å². The number of nitrogens with zero attached hydrogens (tertiary/aromatic N) is 2. The molecule has 1 saturated heterocycles. The van der Waals surface area contributed by atoms with Crippen LogP contribution in [0.2, 0.25) is 0 Å². The second kappa shape index (κ2) is 9.66. The number of aromatic nitrogens is 1. The maximum Gasteiger partial charge on any atom is 0.260 e. The number of anilines is 1.